The molecule has 3 nitrogen and oxygen atoms in total. The highest BCUT2D eigenvalue weighted by Gasteiger charge is 2.09. The van der Waals surface area contributed by atoms with E-state index in [1.807, 2.05) is 26.0 Å². The summed E-state index contributed by atoms with van der Waals surface area (Å²) in [7, 11) is 0. The maximum absolute atomic E-state index is 9.58. The van der Waals surface area contributed by atoms with Crippen LogP contribution in [-0.4, -0.2) is 23.9 Å². The van der Waals surface area contributed by atoms with Crippen molar-refractivity contribution in [2.24, 2.45) is 0 Å². The molecule has 0 aliphatic carbocycles. The molecule has 0 aliphatic rings. The van der Waals surface area contributed by atoms with Gasteiger partial charge in [-0.3, -0.25) is 0 Å². The second kappa shape index (κ2) is 7.39. The zero-order valence-corrected chi connectivity index (χ0v) is 11.9. The fourth-order valence-corrected chi connectivity index (χ4v) is 1.67. The number of ether oxygens (including phenoxy) is 1. The Hall–Kier alpha value is -1.06. The van der Waals surface area contributed by atoms with Crippen LogP contribution in [0, 0.1) is 6.92 Å². The van der Waals surface area contributed by atoms with Gasteiger partial charge in [-0.15, -0.1) is 0 Å². The van der Waals surface area contributed by atoms with E-state index in [0.717, 1.165) is 23.4 Å². The maximum Gasteiger partial charge on any atom is 0.126 e. The van der Waals surface area contributed by atoms with Crippen molar-refractivity contribution >= 4 is 0 Å². The van der Waals surface area contributed by atoms with Crippen LogP contribution in [-0.2, 0) is 6.54 Å². The van der Waals surface area contributed by atoms with E-state index < -0.39 is 6.10 Å². The largest absolute Gasteiger partial charge is 0.490 e. The van der Waals surface area contributed by atoms with Crippen LogP contribution in [0.5, 0.6) is 5.75 Å². The summed E-state index contributed by atoms with van der Waals surface area (Å²) in [4.78, 5) is 0. The molecule has 2 N–H and O–H groups in total. The minimum absolute atomic E-state index is 0.357. The first kappa shape index (κ1) is 15.0. The minimum atomic E-state index is -0.393. The van der Waals surface area contributed by atoms with Crippen molar-refractivity contribution in [1.82, 2.24) is 5.32 Å². The van der Waals surface area contributed by atoms with Gasteiger partial charge in [0, 0.05) is 18.2 Å². The van der Waals surface area contributed by atoms with Gasteiger partial charge in [-0.05, 0) is 18.9 Å². The highest BCUT2D eigenvalue weighted by atomic mass is 16.5. The molecular weight excluding hydrogens is 226 g/mol. The summed E-state index contributed by atoms with van der Waals surface area (Å²) in [5.74, 6) is 0.901. The number of benzene rings is 1. The molecule has 102 valence electrons. The number of aliphatic hydroxyl groups excluding tert-OH is 1. The molecule has 1 atom stereocenters. The second-order valence-electron chi connectivity index (χ2n) is 4.97. The quantitative estimate of drug-likeness (QED) is 0.783. The first-order chi connectivity index (χ1) is 8.54. The van der Waals surface area contributed by atoms with Crippen molar-refractivity contribution in [3.63, 3.8) is 0 Å². The van der Waals surface area contributed by atoms with E-state index in [1.165, 1.54) is 0 Å². The smallest absolute Gasteiger partial charge is 0.126 e. The summed E-state index contributed by atoms with van der Waals surface area (Å²) in [5.41, 5.74) is 2.26. The molecule has 1 aromatic rings. The van der Waals surface area contributed by atoms with Crippen LogP contribution in [0.3, 0.4) is 0 Å². The molecule has 1 rings (SSSR count). The van der Waals surface area contributed by atoms with E-state index in [4.69, 9.17) is 4.74 Å². The van der Waals surface area contributed by atoms with Crippen LogP contribution in [0.15, 0.2) is 18.2 Å². The molecule has 0 heterocycles. The second-order valence-corrected chi connectivity index (χ2v) is 4.97. The molecule has 0 aliphatic heterocycles. The van der Waals surface area contributed by atoms with Crippen LogP contribution in [0.4, 0.5) is 0 Å². The summed E-state index contributed by atoms with van der Waals surface area (Å²) in [5, 5.41) is 13.0. The maximum atomic E-state index is 9.58. The third-order valence-corrected chi connectivity index (χ3v) is 2.89. The van der Waals surface area contributed by atoms with E-state index in [0.29, 0.717) is 19.1 Å². The molecule has 0 amide bonds. The van der Waals surface area contributed by atoms with Crippen molar-refractivity contribution in [3.05, 3.63) is 29.3 Å². The van der Waals surface area contributed by atoms with Crippen molar-refractivity contribution < 1.29 is 9.84 Å². The van der Waals surface area contributed by atoms with Crippen molar-refractivity contribution in [2.45, 2.75) is 52.8 Å². The van der Waals surface area contributed by atoms with Crippen molar-refractivity contribution in [3.8, 4) is 5.75 Å². The van der Waals surface area contributed by atoms with Gasteiger partial charge in [-0.25, -0.2) is 0 Å². The molecule has 0 saturated carbocycles. The Balaban J connectivity index is 2.73. The summed E-state index contributed by atoms with van der Waals surface area (Å²) in [6, 6.07) is 6.58. The van der Waals surface area contributed by atoms with Crippen LogP contribution in [0.2, 0.25) is 0 Å². The molecule has 3 heteroatoms. The van der Waals surface area contributed by atoms with E-state index in [-0.39, 0.29) is 0 Å². The van der Waals surface area contributed by atoms with Crippen molar-refractivity contribution in [1.29, 1.82) is 0 Å². The third kappa shape index (κ3) is 4.67. The Morgan fingerprint density at radius 2 is 2.06 bits per heavy atom. The Morgan fingerprint density at radius 1 is 1.33 bits per heavy atom. The summed E-state index contributed by atoms with van der Waals surface area (Å²) in [6.45, 7) is 9.38. The van der Waals surface area contributed by atoms with Crippen molar-refractivity contribution in [2.75, 3.05) is 6.61 Å². The van der Waals surface area contributed by atoms with Crippen LogP contribution < -0.4 is 10.1 Å². The molecule has 0 radical (unpaired) electrons. The van der Waals surface area contributed by atoms with E-state index >= 15 is 0 Å². The van der Waals surface area contributed by atoms with Gasteiger partial charge in [0.1, 0.15) is 12.4 Å². The lowest BCUT2D eigenvalue weighted by Crippen LogP contribution is -2.23. The van der Waals surface area contributed by atoms with Gasteiger partial charge in [0.15, 0.2) is 0 Å². The molecule has 1 unspecified atom stereocenters. The highest BCUT2D eigenvalue weighted by Crippen LogP contribution is 2.23. The molecule has 0 saturated heterocycles. The topological polar surface area (TPSA) is 41.5 Å². The number of rotatable bonds is 7. The Kier molecular flexibility index (Phi) is 6.16. The summed E-state index contributed by atoms with van der Waals surface area (Å²) >= 11 is 0. The molecular formula is C15H25NO2. The highest BCUT2D eigenvalue weighted by molar-refractivity contribution is 5.40. The van der Waals surface area contributed by atoms with Gasteiger partial charge in [0.25, 0.3) is 0 Å². The van der Waals surface area contributed by atoms with Gasteiger partial charge in [0.2, 0.25) is 0 Å². The summed E-state index contributed by atoms with van der Waals surface area (Å²) < 4.78 is 5.76. The predicted molar refractivity (Wildman–Crippen MR) is 74.9 cm³/mol. The number of hydrogen-bond acceptors (Lipinski definition) is 3. The molecule has 0 bridgehead atoms. The lowest BCUT2D eigenvalue weighted by Gasteiger charge is -2.17. The minimum Gasteiger partial charge on any atom is -0.490 e. The average molecular weight is 251 g/mol. The fourth-order valence-electron chi connectivity index (χ4n) is 1.67. The number of aryl methyl sites for hydroxylation is 1. The Bertz CT molecular complexity index is 364. The van der Waals surface area contributed by atoms with E-state index in [9.17, 15) is 5.11 Å². The van der Waals surface area contributed by atoms with Gasteiger partial charge in [-0.1, -0.05) is 39.0 Å². The number of hydrogen-bond donors (Lipinski definition) is 2. The van der Waals surface area contributed by atoms with E-state index in [1.54, 1.807) is 0 Å². The zero-order valence-electron chi connectivity index (χ0n) is 11.9. The third-order valence-electron chi connectivity index (χ3n) is 2.89. The molecule has 18 heavy (non-hydrogen) atoms. The van der Waals surface area contributed by atoms with Gasteiger partial charge < -0.3 is 15.2 Å². The first-order valence-corrected chi connectivity index (χ1v) is 6.67. The number of aliphatic hydroxyl groups is 1. The SMILES string of the molecule is CCC(O)COc1c(C)cccc1CNC(C)C. The Labute approximate surface area is 110 Å². The fraction of sp³-hybridized carbons (Fsp3) is 0.600. The molecule has 1 aromatic carbocycles. The standard InChI is InChI=1S/C15H25NO2/c1-5-14(17)10-18-15-12(4)7-6-8-13(15)9-16-11(2)3/h6-8,11,14,16-17H,5,9-10H2,1-4H3. The number of nitrogens with one attached hydrogen (secondary N) is 1. The molecule has 0 spiro atoms. The summed E-state index contributed by atoms with van der Waals surface area (Å²) in [6.07, 6.45) is 0.321. The first-order valence-electron chi connectivity index (χ1n) is 6.67. The Morgan fingerprint density at radius 3 is 2.67 bits per heavy atom. The zero-order chi connectivity index (χ0) is 13.5. The lowest BCUT2D eigenvalue weighted by atomic mass is 10.1. The van der Waals surface area contributed by atoms with Gasteiger partial charge >= 0.3 is 0 Å². The molecule has 0 fully saturated rings. The molecule has 0 aromatic heterocycles. The number of para-hydroxylation sites is 1. The van der Waals surface area contributed by atoms with Gasteiger partial charge in [0.05, 0.1) is 6.10 Å². The average Bonchev–Trinajstić information content (AvgIpc) is 2.34. The van der Waals surface area contributed by atoms with E-state index in [2.05, 4.69) is 25.2 Å². The lowest BCUT2D eigenvalue weighted by molar-refractivity contribution is 0.103. The monoisotopic (exact) mass is 251 g/mol. The normalized spacial score (nSPS) is 12.8. The van der Waals surface area contributed by atoms with Crippen LogP contribution in [0.1, 0.15) is 38.3 Å². The predicted octanol–water partition coefficient (Wildman–Crippen LogP) is 2.64. The van der Waals surface area contributed by atoms with Gasteiger partial charge in [-0.2, -0.15) is 0 Å². The van der Waals surface area contributed by atoms with Crippen LogP contribution in [0.25, 0.3) is 0 Å². The van der Waals surface area contributed by atoms with Crippen LogP contribution >= 0.6 is 0 Å².